The van der Waals surface area contributed by atoms with E-state index in [0.29, 0.717) is 6.42 Å². The first-order valence-electron chi connectivity index (χ1n) is 5.83. The van der Waals surface area contributed by atoms with Crippen molar-refractivity contribution in [3.05, 3.63) is 34.4 Å². The number of nitro groups is 1. The number of rotatable bonds is 4. The van der Waals surface area contributed by atoms with Crippen LogP contribution in [-0.4, -0.2) is 16.1 Å². The number of esters is 1. The molecule has 0 heterocycles. The van der Waals surface area contributed by atoms with Gasteiger partial charge in [0.1, 0.15) is 11.0 Å². The second-order valence-electron chi connectivity index (χ2n) is 5.45. The van der Waals surface area contributed by atoms with Gasteiger partial charge in [0, 0.05) is 12.1 Å². The second kappa shape index (κ2) is 6.06. The molecule has 0 amide bonds. The number of ether oxygens (including phenoxy) is 1. The van der Waals surface area contributed by atoms with Gasteiger partial charge in [0.2, 0.25) is 0 Å². The van der Waals surface area contributed by atoms with Gasteiger partial charge >= 0.3 is 5.97 Å². The van der Waals surface area contributed by atoms with Gasteiger partial charge in [0.25, 0.3) is 5.69 Å². The Morgan fingerprint density at radius 2 is 1.89 bits per heavy atom. The van der Waals surface area contributed by atoms with Crippen molar-refractivity contribution in [1.29, 1.82) is 0 Å². The van der Waals surface area contributed by atoms with Crippen LogP contribution in [0.1, 0.15) is 27.2 Å². The van der Waals surface area contributed by atoms with Crippen LogP contribution in [0.3, 0.4) is 0 Å². The molecule has 1 aromatic carbocycles. The summed E-state index contributed by atoms with van der Waals surface area (Å²) in [5.41, 5.74) is -0.0714. The minimum absolute atomic E-state index is 0.0269. The highest BCUT2D eigenvalue weighted by Crippen LogP contribution is 2.25. The van der Waals surface area contributed by atoms with Gasteiger partial charge in [-0.2, -0.15) is 12.6 Å². The number of hydrogen-bond acceptors (Lipinski definition) is 5. The van der Waals surface area contributed by atoms with E-state index in [2.05, 4.69) is 12.6 Å². The van der Waals surface area contributed by atoms with Gasteiger partial charge in [-0.3, -0.25) is 14.9 Å². The molecule has 0 aliphatic heterocycles. The highest BCUT2D eigenvalue weighted by Gasteiger charge is 2.23. The van der Waals surface area contributed by atoms with Gasteiger partial charge in [-0.05, 0) is 24.0 Å². The van der Waals surface area contributed by atoms with Crippen molar-refractivity contribution < 1.29 is 14.5 Å². The molecule has 5 nitrogen and oxygen atoms in total. The largest absolute Gasteiger partial charge is 0.426 e. The molecule has 1 rings (SSSR count). The van der Waals surface area contributed by atoms with E-state index < -0.39 is 16.1 Å². The zero-order valence-corrected chi connectivity index (χ0v) is 12.0. The number of nitro benzene ring substituents is 1. The maximum atomic E-state index is 11.8. The molecule has 6 heteroatoms. The molecule has 104 valence electrons. The van der Waals surface area contributed by atoms with Gasteiger partial charge in [-0.25, -0.2) is 0 Å². The van der Waals surface area contributed by atoms with Gasteiger partial charge < -0.3 is 4.74 Å². The number of nitrogens with zero attached hydrogens (tertiary/aromatic N) is 1. The highest BCUT2D eigenvalue weighted by molar-refractivity contribution is 7.81. The molecule has 0 bridgehead atoms. The minimum Gasteiger partial charge on any atom is -0.426 e. The third-order valence-corrected chi connectivity index (χ3v) is 2.74. The van der Waals surface area contributed by atoms with Crippen molar-refractivity contribution >= 4 is 24.3 Å². The molecular weight excluding hydrogens is 266 g/mol. The third-order valence-electron chi connectivity index (χ3n) is 2.34. The maximum Gasteiger partial charge on any atom is 0.324 e. The fourth-order valence-corrected chi connectivity index (χ4v) is 2.08. The molecule has 1 atom stereocenters. The smallest absolute Gasteiger partial charge is 0.324 e. The van der Waals surface area contributed by atoms with E-state index in [9.17, 15) is 14.9 Å². The van der Waals surface area contributed by atoms with Crippen LogP contribution in [0.4, 0.5) is 5.69 Å². The summed E-state index contributed by atoms with van der Waals surface area (Å²) in [5.74, 6) is -0.171. The zero-order valence-electron chi connectivity index (χ0n) is 11.1. The lowest BCUT2D eigenvalue weighted by Gasteiger charge is -2.21. The monoisotopic (exact) mass is 283 g/mol. The standard InChI is InChI=1S/C13H17NO4S/c1-13(2,3)8-11(19)12(15)18-10-6-4-9(5-7-10)14(16)17/h4-7,11,19H,8H2,1-3H3. The van der Waals surface area contributed by atoms with Gasteiger partial charge in [-0.15, -0.1) is 0 Å². The Morgan fingerprint density at radius 1 is 1.37 bits per heavy atom. The average molecular weight is 283 g/mol. The van der Waals surface area contributed by atoms with Gasteiger partial charge in [-0.1, -0.05) is 20.8 Å². The molecule has 1 aromatic rings. The van der Waals surface area contributed by atoms with E-state index in [1.165, 1.54) is 24.3 Å². The number of benzene rings is 1. The summed E-state index contributed by atoms with van der Waals surface area (Å²) in [6.07, 6.45) is 0.585. The summed E-state index contributed by atoms with van der Waals surface area (Å²) in [6.45, 7) is 6.03. The predicted octanol–water partition coefficient (Wildman–Crippen LogP) is 3.23. The summed E-state index contributed by atoms with van der Waals surface area (Å²) in [4.78, 5) is 21.8. The Kier molecular flexibility index (Phi) is 4.94. The van der Waals surface area contributed by atoms with Crippen molar-refractivity contribution in [2.45, 2.75) is 32.4 Å². The second-order valence-corrected chi connectivity index (χ2v) is 6.08. The van der Waals surface area contributed by atoms with E-state index in [1.54, 1.807) is 0 Å². The SMILES string of the molecule is CC(C)(C)CC(S)C(=O)Oc1ccc([N+](=O)[O-])cc1. The number of thiol groups is 1. The molecule has 0 N–H and O–H groups in total. The first kappa shape index (κ1) is 15.5. The number of non-ortho nitro benzene ring substituents is 1. The lowest BCUT2D eigenvalue weighted by atomic mass is 9.90. The van der Waals surface area contributed by atoms with Crippen LogP contribution in [0.2, 0.25) is 0 Å². The Balaban J connectivity index is 2.64. The Morgan fingerprint density at radius 3 is 2.32 bits per heavy atom. The van der Waals surface area contributed by atoms with E-state index in [-0.39, 0.29) is 16.9 Å². The molecular formula is C13H17NO4S. The first-order valence-corrected chi connectivity index (χ1v) is 6.35. The predicted molar refractivity (Wildman–Crippen MR) is 75.6 cm³/mol. The van der Waals surface area contributed by atoms with Crippen molar-refractivity contribution in [3.8, 4) is 5.75 Å². The lowest BCUT2D eigenvalue weighted by molar-refractivity contribution is -0.384. The lowest BCUT2D eigenvalue weighted by Crippen LogP contribution is -2.25. The topological polar surface area (TPSA) is 69.4 Å². The number of carbonyl (C=O) groups is 1. The number of carbonyl (C=O) groups excluding carboxylic acids is 1. The third kappa shape index (κ3) is 5.30. The molecule has 0 saturated heterocycles. The Labute approximate surface area is 117 Å². The molecule has 0 spiro atoms. The molecule has 19 heavy (non-hydrogen) atoms. The quantitative estimate of drug-likeness (QED) is 0.303. The normalized spacial score (nSPS) is 12.8. The van der Waals surface area contributed by atoms with Crippen LogP contribution in [0, 0.1) is 15.5 Å². The van der Waals surface area contributed by atoms with Crippen molar-refractivity contribution in [2.75, 3.05) is 0 Å². The Hall–Kier alpha value is -1.56. The van der Waals surface area contributed by atoms with Crippen molar-refractivity contribution in [1.82, 2.24) is 0 Å². The minimum atomic E-state index is -0.518. The molecule has 0 radical (unpaired) electrons. The number of hydrogen-bond donors (Lipinski definition) is 1. The van der Waals surface area contributed by atoms with Gasteiger partial charge in [0.05, 0.1) is 4.92 Å². The zero-order chi connectivity index (χ0) is 14.6. The van der Waals surface area contributed by atoms with Gasteiger partial charge in [0.15, 0.2) is 0 Å². The summed E-state index contributed by atoms with van der Waals surface area (Å²) >= 11 is 4.22. The molecule has 1 unspecified atom stereocenters. The van der Waals surface area contributed by atoms with E-state index >= 15 is 0 Å². The van der Waals surface area contributed by atoms with E-state index in [4.69, 9.17) is 4.74 Å². The molecule has 0 aliphatic rings. The molecule has 0 aromatic heterocycles. The van der Waals surface area contributed by atoms with Crippen LogP contribution in [0.15, 0.2) is 24.3 Å². The van der Waals surface area contributed by atoms with Crippen LogP contribution >= 0.6 is 12.6 Å². The van der Waals surface area contributed by atoms with Crippen LogP contribution < -0.4 is 4.74 Å². The van der Waals surface area contributed by atoms with E-state index in [1.807, 2.05) is 20.8 Å². The highest BCUT2D eigenvalue weighted by atomic mass is 32.1. The van der Waals surface area contributed by atoms with Crippen molar-refractivity contribution in [2.24, 2.45) is 5.41 Å². The van der Waals surface area contributed by atoms with Crippen molar-refractivity contribution in [3.63, 3.8) is 0 Å². The Bertz CT molecular complexity index is 465. The summed E-state index contributed by atoms with van der Waals surface area (Å²) in [6, 6.07) is 5.38. The summed E-state index contributed by atoms with van der Waals surface area (Å²) < 4.78 is 5.12. The van der Waals surface area contributed by atoms with Crippen LogP contribution in [0.25, 0.3) is 0 Å². The van der Waals surface area contributed by atoms with Crippen LogP contribution in [0.5, 0.6) is 5.75 Å². The van der Waals surface area contributed by atoms with E-state index in [0.717, 1.165) is 0 Å². The maximum absolute atomic E-state index is 11.8. The molecule has 0 aliphatic carbocycles. The first-order chi connectivity index (χ1) is 8.69. The fourth-order valence-electron chi connectivity index (χ4n) is 1.48. The fraction of sp³-hybridized carbons (Fsp3) is 0.462. The summed E-state index contributed by atoms with van der Waals surface area (Å²) in [5, 5.41) is 9.97. The molecule has 0 fully saturated rings. The summed E-state index contributed by atoms with van der Waals surface area (Å²) in [7, 11) is 0. The average Bonchev–Trinajstić information content (AvgIpc) is 2.27. The molecule has 0 saturated carbocycles. The van der Waals surface area contributed by atoms with Crippen LogP contribution in [-0.2, 0) is 4.79 Å².